The number of nitrogens with one attached hydrogen (secondary N) is 1. The maximum absolute atomic E-state index is 12.4. The lowest BCUT2D eigenvalue weighted by Crippen LogP contribution is -2.13. The largest absolute Gasteiger partial charge is 0.454 e. The molecule has 26 heavy (non-hydrogen) atoms. The summed E-state index contributed by atoms with van der Waals surface area (Å²) < 4.78 is 21.0. The first-order chi connectivity index (χ1) is 12.6. The van der Waals surface area contributed by atoms with Crippen LogP contribution in [0.5, 0.6) is 23.0 Å². The van der Waals surface area contributed by atoms with Crippen LogP contribution in [0.25, 0.3) is 6.08 Å². The van der Waals surface area contributed by atoms with E-state index in [1.807, 2.05) is 6.07 Å². The lowest BCUT2D eigenvalue weighted by Gasteiger charge is -2.06. The highest BCUT2D eigenvalue weighted by molar-refractivity contribution is 6.32. The maximum atomic E-state index is 12.4. The van der Waals surface area contributed by atoms with E-state index >= 15 is 0 Å². The normalized spacial score (nSPS) is 14.1. The van der Waals surface area contributed by atoms with Gasteiger partial charge in [0.05, 0.1) is 5.02 Å². The van der Waals surface area contributed by atoms with Gasteiger partial charge in [0.15, 0.2) is 23.0 Å². The summed E-state index contributed by atoms with van der Waals surface area (Å²) in [5, 5.41) is 12.3. The Morgan fingerprint density at radius 1 is 1.04 bits per heavy atom. The van der Waals surface area contributed by atoms with Crippen LogP contribution >= 0.6 is 11.6 Å². The van der Waals surface area contributed by atoms with E-state index in [2.05, 4.69) is 5.32 Å². The highest BCUT2D eigenvalue weighted by Crippen LogP contribution is 2.38. The Labute approximate surface area is 153 Å². The first-order valence-corrected chi connectivity index (χ1v) is 7.94. The summed E-state index contributed by atoms with van der Waals surface area (Å²) >= 11 is 6.19. The van der Waals surface area contributed by atoms with Gasteiger partial charge >= 0.3 is 0 Å². The number of nitrogens with zero attached hydrogens (tertiary/aromatic N) is 1. The van der Waals surface area contributed by atoms with Crippen molar-refractivity contribution in [3.05, 3.63) is 46.5 Å². The van der Waals surface area contributed by atoms with Gasteiger partial charge in [0, 0.05) is 17.8 Å². The average molecular weight is 371 g/mol. The molecule has 0 radical (unpaired) electrons. The minimum Gasteiger partial charge on any atom is -0.454 e. The molecule has 1 amide bonds. The van der Waals surface area contributed by atoms with Crippen LogP contribution in [0.4, 0.5) is 5.69 Å². The molecule has 0 aliphatic carbocycles. The molecule has 2 aromatic rings. The van der Waals surface area contributed by atoms with E-state index < -0.39 is 5.91 Å². The van der Waals surface area contributed by atoms with Gasteiger partial charge in [-0.15, -0.1) is 0 Å². The third kappa shape index (κ3) is 2.98. The molecule has 0 spiro atoms. The minimum atomic E-state index is -0.569. The number of ether oxygens (including phenoxy) is 4. The van der Waals surface area contributed by atoms with Crippen LogP contribution in [0.2, 0.25) is 5.02 Å². The van der Waals surface area contributed by atoms with Crippen LogP contribution < -0.4 is 24.3 Å². The van der Waals surface area contributed by atoms with E-state index in [1.165, 1.54) is 6.08 Å². The standard InChI is InChI=1S/C18H11ClN2O5/c19-13-6-17-15(24-9-26-17)4-10(13)3-11(7-20)18(22)21-12-1-2-14-16(5-12)25-8-23-14/h1-6H,8-9H2,(H,21,22). The number of hydrogen-bond acceptors (Lipinski definition) is 6. The highest BCUT2D eigenvalue weighted by Gasteiger charge is 2.18. The number of halogens is 1. The van der Waals surface area contributed by atoms with Crippen molar-refractivity contribution in [2.75, 3.05) is 18.9 Å². The quantitative estimate of drug-likeness (QED) is 0.658. The molecule has 2 aliphatic rings. The Bertz CT molecular complexity index is 980. The molecule has 0 saturated carbocycles. The monoisotopic (exact) mass is 370 g/mol. The number of hydrogen-bond donors (Lipinski definition) is 1. The molecule has 2 aliphatic heterocycles. The average Bonchev–Trinajstić information content (AvgIpc) is 3.27. The molecule has 1 N–H and O–H groups in total. The number of carbonyl (C=O) groups excluding carboxylic acids is 1. The van der Waals surface area contributed by atoms with Gasteiger partial charge in [0.2, 0.25) is 13.6 Å². The number of rotatable bonds is 3. The van der Waals surface area contributed by atoms with Gasteiger partial charge in [-0.25, -0.2) is 0 Å². The van der Waals surface area contributed by atoms with E-state index in [4.69, 9.17) is 30.5 Å². The summed E-state index contributed by atoms with van der Waals surface area (Å²) in [6.45, 7) is 0.243. The SMILES string of the molecule is N#CC(=Cc1cc2c(cc1Cl)OCO2)C(=O)Nc1ccc2c(c1)OCO2. The zero-order valence-electron chi connectivity index (χ0n) is 13.2. The van der Waals surface area contributed by atoms with Crippen molar-refractivity contribution in [3.8, 4) is 29.1 Å². The summed E-state index contributed by atoms with van der Waals surface area (Å²) in [4.78, 5) is 12.4. The Balaban J connectivity index is 1.58. The topological polar surface area (TPSA) is 89.8 Å². The molecular formula is C18H11ClN2O5. The molecule has 130 valence electrons. The smallest absolute Gasteiger partial charge is 0.266 e. The van der Waals surface area contributed by atoms with Gasteiger partial charge in [-0.1, -0.05) is 11.6 Å². The van der Waals surface area contributed by atoms with Crippen molar-refractivity contribution in [2.24, 2.45) is 0 Å². The van der Waals surface area contributed by atoms with Gasteiger partial charge in [-0.3, -0.25) is 4.79 Å². The summed E-state index contributed by atoms with van der Waals surface area (Å²) in [5.74, 6) is 1.60. The molecule has 0 fully saturated rings. The van der Waals surface area contributed by atoms with Crippen molar-refractivity contribution in [2.45, 2.75) is 0 Å². The third-order valence-corrected chi connectivity index (χ3v) is 4.11. The number of fused-ring (bicyclic) bond motifs is 2. The molecule has 2 aromatic carbocycles. The highest BCUT2D eigenvalue weighted by atomic mass is 35.5. The molecule has 4 rings (SSSR count). The van der Waals surface area contributed by atoms with Crippen LogP contribution in [-0.4, -0.2) is 19.5 Å². The first kappa shape index (κ1) is 16.1. The summed E-state index contributed by atoms with van der Waals surface area (Å²) in [7, 11) is 0. The van der Waals surface area contributed by atoms with Gasteiger partial charge < -0.3 is 24.3 Å². The fourth-order valence-electron chi connectivity index (χ4n) is 2.52. The number of amides is 1. The number of benzene rings is 2. The first-order valence-electron chi connectivity index (χ1n) is 7.56. The van der Waals surface area contributed by atoms with E-state index in [0.717, 1.165) is 0 Å². The lowest BCUT2D eigenvalue weighted by atomic mass is 10.1. The van der Waals surface area contributed by atoms with Gasteiger partial charge in [0.1, 0.15) is 11.6 Å². The van der Waals surface area contributed by atoms with Crippen molar-refractivity contribution in [1.29, 1.82) is 5.26 Å². The van der Waals surface area contributed by atoms with E-state index in [-0.39, 0.29) is 19.2 Å². The van der Waals surface area contributed by atoms with E-state index in [9.17, 15) is 10.1 Å². The minimum absolute atomic E-state index is 0.106. The molecule has 7 nitrogen and oxygen atoms in total. The summed E-state index contributed by atoms with van der Waals surface area (Å²) in [5.41, 5.74) is 0.855. The van der Waals surface area contributed by atoms with E-state index in [1.54, 1.807) is 30.3 Å². The predicted octanol–water partition coefficient (Wildman–Crippen LogP) is 3.34. The third-order valence-electron chi connectivity index (χ3n) is 3.79. The molecule has 0 bridgehead atoms. The fourth-order valence-corrected chi connectivity index (χ4v) is 2.73. The Kier molecular flexibility index (Phi) is 4.03. The zero-order chi connectivity index (χ0) is 18.1. The summed E-state index contributed by atoms with van der Waals surface area (Å²) in [6.07, 6.45) is 1.40. The van der Waals surface area contributed by atoms with E-state index in [0.29, 0.717) is 39.3 Å². The number of nitriles is 1. The van der Waals surface area contributed by atoms with Crippen molar-refractivity contribution < 1.29 is 23.7 Å². The molecule has 2 heterocycles. The van der Waals surface area contributed by atoms with Crippen molar-refractivity contribution in [1.82, 2.24) is 0 Å². The van der Waals surface area contributed by atoms with Crippen LogP contribution in [0.15, 0.2) is 35.9 Å². The second-order valence-electron chi connectivity index (χ2n) is 5.42. The summed E-state index contributed by atoms with van der Waals surface area (Å²) in [6, 6.07) is 10.1. The molecule has 0 aromatic heterocycles. The number of carbonyl (C=O) groups is 1. The molecule has 8 heteroatoms. The second-order valence-corrected chi connectivity index (χ2v) is 5.83. The zero-order valence-corrected chi connectivity index (χ0v) is 14.0. The van der Waals surface area contributed by atoms with Crippen LogP contribution in [0.1, 0.15) is 5.56 Å². The van der Waals surface area contributed by atoms with Crippen LogP contribution in [0.3, 0.4) is 0 Å². The van der Waals surface area contributed by atoms with Gasteiger partial charge in [-0.05, 0) is 29.8 Å². The van der Waals surface area contributed by atoms with Crippen LogP contribution in [-0.2, 0) is 4.79 Å². The predicted molar refractivity (Wildman–Crippen MR) is 92.4 cm³/mol. The number of anilines is 1. The van der Waals surface area contributed by atoms with Gasteiger partial charge in [0.25, 0.3) is 5.91 Å². The molecule has 0 atom stereocenters. The van der Waals surface area contributed by atoms with Crippen LogP contribution in [0, 0.1) is 11.3 Å². The Morgan fingerprint density at radius 3 is 2.42 bits per heavy atom. The lowest BCUT2D eigenvalue weighted by molar-refractivity contribution is -0.112. The maximum Gasteiger partial charge on any atom is 0.266 e. The molecular weight excluding hydrogens is 360 g/mol. The van der Waals surface area contributed by atoms with Crippen molar-refractivity contribution in [3.63, 3.8) is 0 Å². The molecule has 0 unspecified atom stereocenters. The van der Waals surface area contributed by atoms with Crippen molar-refractivity contribution >= 4 is 29.3 Å². The Morgan fingerprint density at radius 2 is 1.69 bits per heavy atom. The second kappa shape index (κ2) is 6.50. The Hall–Kier alpha value is -3.37. The van der Waals surface area contributed by atoms with Gasteiger partial charge in [-0.2, -0.15) is 5.26 Å². The molecule has 0 saturated heterocycles. The fraction of sp³-hybridized carbons (Fsp3) is 0.111.